The largest absolute Gasteiger partial charge is 0.482 e. The van der Waals surface area contributed by atoms with Crippen molar-refractivity contribution in [1.29, 1.82) is 5.26 Å². The lowest BCUT2D eigenvalue weighted by atomic mass is 9.43. The van der Waals surface area contributed by atoms with Gasteiger partial charge in [-0.05, 0) is 99.1 Å². The zero-order valence-corrected chi connectivity index (χ0v) is 40.8. The van der Waals surface area contributed by atoms with Gasteiger partial charge in [-0.15, -0.1) is 0 Å². The molecule has 368 valence electrons. The van der Waals surface area contributed by atoms with E-state index in [9.17, 15) is 30.5 Å². The lowest BCUT2D eigenvalue weighted by Gasteiger charge is -2.65. The molecule has 11 atom stereocenters. The number of carbonyl (C=O) groups excluding carboxylic acids is 2. The Bertz CT molecular complexity index is 2490. The van der Waals surface area contributed by atoms with Crippen LogP contribution in [-0.4, -0.2) is 105 Å². The maximum Gasteiger partial charge on any atom is 0.246 e. The predicted octanol–water partition coefficient (Wildman–Crippen LogP) is 4.89. The summed E-state index contributed by atoms with van der Waals surface area (Å²) in [7, 11) is 0. The van der Waals surface area contributed by atoms with E-state index in [0.717, 1.165) is 5.57 Å². The van der Waals surface area contributed by atoms with E-state index in [2.05, 4.69) is 22.8 Å². The Balaban J connectivity index is 1.42. The molecule has 3 saturated carbocycles. The van der Waals surface area contributed by atoms with Crippen molar-refractivity contribution in [3.63, 3.8) is 0 Å². The maximum atomic E-state index is 15.3. The normalized spacial score (nSPS) is 34.0. The van der Waals surface area contributed by atoms with Crippen molar-refractivity contribution >= 4 is 23.5 Å². The van der Waals surface area contributed by atoms with E-state index in [4.69, 9.17) is 34.2 Å². The van der Waals surface area contributed by atoms with Crippen LogP contribution in [0, 0.1) is 35.0 Å². The van der Waals surface area contributed by atoms with Crippen LogP contribution in [0.15, 0.2) is 58.0 Å². The molecule has 5 fully saturated rings. The fourth-order valence-corrected chi connectivity index (χ4v) is 11.3. The van der Waals surface area contributed by atoms with Crippen molar-refractivity contribution in [2.24, 2.45) is 29.4 Å². The number of amides is 1. The second-order valence-electron chi connectivity index (χ2n) is 20.9. The molecule has 9 rings (SSSR count). The number of benzene rings is 1. The quantitative estimate of drug-likeness (QED) is 0.103. The first kappa shape index (κ1) is 49.4. The molecular weight excluding hydrogens is 873 g/mol. The SMILES string of the molecule is CC(C)=CCCC1(C)C=Cc2c(c(CC=C(C)C)c3c(c2O[C@H]2O[C@H]4COC(C)(C)O[C@@H]4[C@@H](O)[C@@H]2O)C2=C4C(C(C#N)=C(N)N2)C2CC(C(C)C)C4(O3)C(O)(C/C=C(/C)C(=O)NCCO)C2=O)O1. The molecule has 68 heavy (non-hydrogen) atoms. The first-order valence-electron chi connectivity index (χ1n) is 23.8. The number of dihydropyridines is 1. The number of nitrogens with one attached hydrogen (secondary N) is 2. The van der Waals surface area contributed by atoms with Crippen LogP contribution in [0.4, 0.5) is 0 Å². The van der Waals surface area contributed by atoms with Crippen LogP contribution >= 0.6 is 0 Å². The van der Waals surface area contributed by atoms with Crippen LogP contribution in [0.1, 0.15) is 112 Å². The summed E-state index contributed by atoms with van der Waals surface area (Å²) >= 11 is 0. The van der Waals surface area contributed by atoms with E-state index >= 15 is 4.79 Å². The number of ether oxygens (including phenoxy) is 6. The predicted molar refractivity (Wildman–Crippen MR) is 251 cm³/mol. The summed E-state index contributed by atoms with van der Waals surface area (Å²) in [6, 6.07) is 2.28. The minimum Gasteiger partial charge on any atom is -0.482 e. The van der Waals surface area contributed by atoms with Gasteiger partial charge in [0.05, 0.1) is 41.7 Å². The van der Waals surface area contributed by atoms with Crippen molar-refractivity contribution in [3.05, 3.63) is 74.7 Å². The second-order valence-corrected chi connectivity index (χ2v) is 20.9. The molecule has 0 radical (unpaired) electrons. The topological polar surface area (TPSA) is 244 Å². The molecule has 1 aromatic rings. The molecule has 1 spiro atoms. The summed E-state index contributed by atoms with van der Waals surface area (Å²) < 4.78 is 40.2. The number of ketones is 1. The van der Waals surface area contributed by atoms with Crippen LogP contribution in [0.3, 0.4) is 0 Å². The van der Waals surface area contributed by atoms with Gasteiger partial charge >= 0.3 is 0 Å². The minimum absolute atomic E-state index is 0.0139. The fraction of sp³-hybridized carbons (Fsp3) is 0.596. The highest BCUT2D eigenvalue weighted by Crippen LogP contribution is 2.69. The number of hydrogen-bond acceptors (Lipinski definition) is 15. The minimum atomic E-state index is -2.30. The van der Waals surface area contributed by atoms with E-state index in [0.29, 0.717) is 46.6 Å². The Kier molecular flexibility index (Phi) is 13.1. The van der Waals surface area contributed by atoms with Gasteiger partial charge < -0.3 is 65.2 Å². The number of fused-ring (bicyclic) bond motifs is 6. The number of nitrogens with two attached hydrogens (primary N) is 1. The van der Waals surface area contributed by atoms with Gasteiger partial charge in [0, 0.05) is 47.4 Å². The number of rotatable bonds is 13. The van der Waals surface area contributed by atoms with Crippen molar-refractivity contribution in [1.82, 2.24) is 10.6 Å². The first-order chi connectivity index (χ1) is 32.0. The summed E-state index contributed by atoms with van der Waals surface area (Å²) in [5.41, 5.74) is 6.55. The summed E-state index contributed by atoms with van der Waals surface area (Å²) in [4.78, 5) is 28.5. The Morgan fingerprint density at radius 2 is 1.79 bits per heavy atom. The maximum absolute atomic E-state index is 15.3. The van der Waals surface area contributed by atoms with E-state index in [-0.39, 0.29) is 73.4 Å². The lowest BCUT2D eigenvalue weighted by molar-refractivity contribution is -0.373. The number of allylic oxidation sites excluding steroid dienone is 5. The molecule has 5 aliphatic heterocycles. The van der Waals surface area contributed by atoms with Crippen molar-refractivity contribution in [3.8, 4) is 23.3 Å². The average Bonchev–Trinajstić information content (AvgIpc) is 3.27. The number of nitrogens with zero attached hydrogens (tertiary/aromatic N) is 1. The molecule has 2 saturated heterocycles. The lowest BCUT2D eigenvalue weighted by Crippen LogP contribution is -2.78. The van der Waals surface area contributed by atoms with Gasteiger partial charge in [0.1, 0.15) is 53.1 Å². The number of aliphatic hydroxyl groups excluding tert-OH is 3. The van der Waals surface area contributed by atoms with Crippen LogP contribution in [0.5, 0.6) is 17.2 Å². The van der Waals surface area contributed by atoms with Gasteiger partial charge in [-0.2, -0.15) is 5.26 Å². The molecule has 8 aliphatic rings. The van der Waals surface area contributed by atoms with Crippen molar-refractivity contribution in [2.75, 3.05) is 19.8 Å². The van der Waals surface area contributed by atoms with Crippen LogP contribution in [0.2, 0.25) is 0 Å². The average molecular weight is 941 g/mol. The fourth-order valence-electron chi connectivity index (χ4n) is 11.3. The monoisotopic (exact) mass is 940 g/mol. The van der Waals surface area contributed by atoms with Gasteiger partial charge in [-0.3, -0.25) is 9.59 Å². The Morgan fingerprint density at radius 1 is 1.07 bits per heavy atom. The molecule has 5 heterocycles. The van der Waals surface area contributed by atoms with Gasteiger partial charge in [-0.1, -0.05) is 43.2 Å². The molecule has 16 nitrogen and oxygen atoms in total. The zero-order chi connectivity index (χ0) is 49.4. The summed E-state index contributed by atoms with van der Waals surface area (Å²) in [6.45, 7) is 18.8. The number of nitriles is 1. The Labute approximate surface area is 398 Å². The number of hydrogen-bond donors (Lipinski definition) is 7. The summed E-state index contributed by atoms with van der Waals surface area (Å²) in [5, 5.41) is 63.3. The third-order valence-corrected chi connectivity index (χ3v) is 14.8. The molecule has 1 aromatic carbocycles. The van der Waals surface area contributed by atoms with Gasteiger partial charge in [0.25, 0.3) is 0 Å². The summed E-state index contributed by atoms with van der Waals surface area (Å²) in [6.07, 6.45) is 4.77. The van der Waals surface area contributed by atoms with Crippen molar-refractivity contribution in [2.45, 2.75) is 155 Å². The van der Waals surface area contributed by atoms with Gasteiger partial charge in [0.15, 0.2) is 22.8 Å². The molecular formula is C52H68N4O12. The summed E-state index contributed by atoms with van der Waals surface area (Å²) in [5.74, 6) is -3.85. The standard InChI is InChI=1S/C52H68N4O12/c1-25(2)12-11-17-50(10)18-16-30-41(67-50)29(14-13-26(3)4)43-36(42(30)65-48-40(59)39(58)44-34(64-48)24-63-49(8,9)66-44)38-37-35(32(23-53)46(54)56-38)31-22-33(27(5)6)52(37,68-43)51(62,45(31)60)19-15-28(7)47(61)55-20-21-57/h12-13,15-16,18,27,31,33-35,39-40,44,48,56-59,62H,11,14,17,19-22,24,54H2,1-10H3,(H,55,61)/b28-15-/t31?,33?,34-,35?,39-,40-,44-,48+,50?,51?,52?/m0/s1. The molecule has 3 aliphatic carbocycles. The van der Waals surface area contributed by atoms with Gasteiger partial charge in [-0.25, -0.2) is 0 Å². The van der Waals surface area contributed by atoms with E-state index < -0.39 is 82.7 Å². The third kappa shape index (κ3) is 8.07. The van der Waals surface area contributed by atoms with Crippen LogP contribution in [0.25, 0.3) is 11.8 Å². The second kappa shape index (κ2) is 18.1. The van der Waals surface area contributed by atoms with Crippen molar-refractivity contribution < 1.29 is 58.4 Å². The molecule has 16 heteroatoms. The molecule has 2 bridgehead atoms. The smallest absolute Gasteiger partial charge is 0.246 e. The van der Waals surface area contributed by atoms with Gasteiger partial charge in [0.2, 0.25) is 12.2 Å². The zero-order valence-electron chi connectivity index (χ0n) is 40.8. The first-order valence-corrected chi connectivity index (χ1v) is 23.8. The molecule has 0 aromatic heterocycles. The Morgan fingerprint density at radius 3 is 2.46 bits per heavy atom. The molecule has 1 amide bonds. The highest BCUT2D eigenvalue weighted by molar-refractivity contribution is 6.01. The van der Waals surface area contributed by atoms with E-state index in [1.807, 2.05) is 66.7 Å². The highest BCUT2D eigenvalue weighted by Gasteiger charge is 2.76. The van der Waals surface area contributed by atoms with E-state index in [1.54, 1.807) is 20.8 Å². The van der Waals surface area contributed by atoms with Crippen LogP contribution in [-0.2, 0) is 30.2 Å². The molecule has 8 N–H and O–H groups in total. The highest BCUT2D eigenvalue weighted by atomic mass is 16.8. The Hall–Kier alpha value is -4.99. The number of carbonyl (C=O) groups is 2. The van der Waals surface area contributed by atoms with Crippen LogP contribution < -0.4 is 30.6 Å². The third-order valence-electron chi connectivity index (χ3n) is 14.8. The van der Waals surface area contributed by atoms with E-state index in [1.165, 1.54) is 11.6 Å². The number of Topliss-reactive ketones (excluding diaryl/α,β-unsaturated/α-hetero) is 1. The number of aliphatic hydroxyl groups is 4. The molecule has 6 unspecified atom stereocenters.